The first-order valence-corrected chi connectivity index (χ1v) is 7.96. The summed E-state index contributed by atoms with van der Waals surface area (Å²) < 4.78 is 5.90. The molecular weight excluding hydrogens is 246 g/mol. The van der Waals surface area contributed by atoms with Gasteiger partial charge < -0.3 is 10.1 Å². The lowest BCUT2D eigenvalue weighted by atomic mass is 9.75. The molecule has 20 heavy (non-hydrogen) atoms. The van der Waals surface area contributed by atoms with Crippen LogP contribution in [0.25, 0.3) is 0 Å². The molecule has 0 radical (unpaired) electrons. The Morgan fingerprint density at radius 3 is 2.80 bits per heavy atom. The molecule has 2 heteroatoms. The van der Waals surface area contributed by atoms with Gasteiger partial charge in [0.25, 0.3) is 0 Å². The zero-order valence-corrected chi connectivity index (χ0v) is 13.5. The van der Waals surface area contributed by atoms with Gasteiger partial charge in [-0.1, -0.05) is 30.7 Å². The first kappa shape index (κ1) is 15.5. The Morgan fingerprint density at radius 2 is 2.15 bits per heavy atom. The highest BCUT2D eigenvalue weighted by molar-refractivity contribution is 5.31. The second kappa shape index (κ2) is 6.73. The van der Waals surface area contributed by atoms with Crippen molar-refractivity contribution in [2.75, 3.05) is 19.7 Å². The molecule has 1 aliphatic heterocycles. The number of nitrogens with one attached hydrogen (secondary N) is 1. The van der Waals surface area contributed by atoms with E-state index in [9.17, 15) is 0 Å². The fourth-order valence-corrected chi connectivity index (χ4v) is 3.23. The molecular formula is C18H29NO. The zero-order chi connectivity index (χ0) is 14.6. The average Bonchev–Trinajstić information content (AvgIpc) is 2.76. The fraction of sp³-hybridized carbons (Fsp3) is 0.667. The number of aryl methyl sites for hydroxylation is 2. The Kier molecular flexibility index (Phi) is 5.22. The maximum atomic E-state index is 5.90. The highest BCUT2D eigenvalue weighted by Gasteiger charge is 2.41. The number of ether oxygens (including phenoxy) is 1. The van der Waals surface area contributed by atoms with E-state index in [0.717, 1.165) is 32.5 Å². The molecule has 0 saturated carbocycles. The molecule has 1 aromatic rings. The van der Waals surface area contributed by atoms with E-state index in [1.54, 1.807) is 0 Å². The van der Waals surface area contributed by atoms with Gasteiger partial charge in [-0.25, -0.2) is 0 Å². The van der Waals surface area contributed by atoms with E-state index < -0.39 is 0 Å². The second-order valence-electron chi connectivity index (χ2n) is 6.41. The van der Waals surface area contributed by atoms with Gasteiger partial charge in [-0.2, -0.15) is 0 Å². The molecule has 1 heterocycles. The zero-order valence-electron chi connectivity index (χ0n) is 13.5. The van der Waals surface area contributed by atoms with E-state index in [2.05, 4.69) is 51.2 Å². The Bertz CT molecular complexity index is 443. The molecule has 1 N–H and O–H groups in total. The van der Waals surface area contributed by atoms with Gasteiger partial charge in [0.15, 0.2) is 0 Å². The van der Waals surface area contributed by atoms with Crippen molar-refractivity contribution < 1.29 is 4.74 Å². The Balaban J connectivity index is 2.17. The summed E-state index contributed by atoms with van der Waals surface area (Å²) in [7, 11) is 0. The normalized spacial score (nSPS) is 26.1. The van der Waals surface area contributed by atoms with Gasteiger partial charge in [-0.15, -0.1) is 0 Å². The summed E-state index contributed by atoms with van der Waals surface area (Å²) in [5.74, 6) is 0. The molecule has 0 spiro atoms. The Hall–Kier alpha value is -0.860. The fourth-order valence-electron chi connectivity index (χ4n) is 3.23. The van der Waals surface area contributed by atoms with Crippen molar-refractivity contribution in [3.63, 3.8) is 0 Å². The van der Waals surface area contributed by atoms with Gasteiger partial charge in [0.2, 0.25) is 0 Å². The molecule has 1 saturated heterocycles. The van der Waals surface area contributed by atoms with Crippen LogP contribution in [0.15, 0.2) is 18.2 Å². The van der Waals surface area contributed by atoms with E-state index in [1.165, 1.54) is 23.1 Å². The third kappa shape index (κ3) is 3.42. The highest BCUT2D eigenvalue weighted by Crippen LogP contribution is 2.38. The molecule has 0 bridgehead atoms. The van der Waals surface area contributed by atoms with Gasteiger partial charge in [-0.05, 0) is 57.7 Å². The lowest BCUT2D eigenvalue weighted by Gasteiger charge is -2.33. The molecule has 1 aromatic carbocycles. The first-order valence-electron chi connectivity index (χ1n) is 7.96. The first-order chi connectivity index (χ1) is 9.57. The summed E-state index contributed by atoms with van der Waals surface area (Å²) in [6.07, 6.45) is 3.82. The monoisotopic (exact) mass is 275 g/mol. The molecule has 1 aliphatic rings. The Morgan fingerprint density at radius 1 is 1.35 bits per heavy atom. The van der Waals surface area contributed by atoms with Crippen molar-refractivity contribution in [2.24, 2.45) is 5.41 Å². The average molecular weight is 275 g/mol. The molecule has 0 amide bonds. The van der Waals surface area contributed by atoms with E-state index in [0.29, 0.717) is 6.10 Å². The lowest BCUT2D eigenvalue weighted by molar-refractivity contribution is 0.0630. The highest BCUT2D eigenvalue weighted by atomic mass is 16.5. The van der Waals surface area contributed by atoms with Crippen LogP contribution in [0.2, 0.25) is 0 Å². The standard InChI is InChI=1S/C18H29NO/c1-5-9-19-13-18(8-10-20-16(18)4)12-17-11-14(2)6-7-15(17)3/h6-7,11,16,19H,5,8-10,12-13H2,1-4H3. The molecule has 0 aromatic heterocycles. The van der Waals surface area contributed by atoms with E-state index in [1.807, 2.05) is 0 Å². The number of hydrogen-bond acceptors (Lipinski definition) is 2. The maximum absolute atomic E-state index is 5.90. The third-order valence-corrected chi connectivity index (χ3v) is 4.78. The van der Waals surface area contributed by atoms with Crippen LogP contribution in [0.1, 0.15) is 43.4 Å². The second-order valence-corrected chi connectivity index (χ2v) is 6.41. The molecule has 2 nitrogen and oxygen atoms in total. The van der Waals surface area contributed by atoms with Crippen molar-refractivity contribution >= 4 is 0 Å². The van der Waals surface area contributed by atoms with Crippen LogP contribution < -0.4 is 5.32 Å². The minimum absolute atomic E-state index is 0.258. The van der Waals surface area contributed by atoms with Crippen LogP contribution in [-0.4, -0.2) is 25.8 Å². The summed E-state index contributed by atoms with van der Waals surface area (Å²) in [6.45, 7) is 11.9. The number of rotatable bonds is 6. The van der Waals surface area contributed by atoms with E-state index >= 15 is 0 Å². The quantitative estimate of drug-likeness (QED) is 0.800. The van der Waals surface area contributed by atoms with Crippen molar-refractivity contribution in [2.45, 2.75) is 53.1 Å². The van der Waals surface area contributed by atoms with Crippen LogP contribution in [0.4, 0.5) is 0 Å². The Labute approximate surface area is 123 Å². The van der Waals surface area contributed by atoms with Crippen LogP contribution in [0.5, 0.6) is 0 Å². The minimum Gasteiger partial charge on any atom is -0.378 e. The van der Waals surface area contributed by atoms with Gasteiger partial charge in [-0.3, -0.25) is 0 Å². The van der Waals surface area contributed by atoms with Crippen molar-refractivity contribution in [3.8, 4) is 0 Å². The summed E-state index contributed by atoms with van der Waals surface area (Å²) in [5.41, 5.74) is 4.51. The molecule has 1 fully saturated rings. The predicted octanol–water partition coefficient (Wildman–Crippen LogP) is 3.64. The van der Waals surface area contributed by atoms with Crippen molar-refractivity contribution in [3.05, 3.63) is 34.9 Å². The molecule has 2 unspecified atom stereocenters. The van der Waals surface area contributed by atoms with Gasteiger partial charge >= 0.3 is 0 Å². The summed E-state index contributed by atoms with van der Waals surface area (Å²) >= 11 is 0. The third-order valence-electron chi connectivity index (χ3n) is 4.78. The lowest BCUT2D eigenvalue weighted by Crippen LogP contribution is -2.41. The molecule has 2 atom stereocenters. The van der Waals surface area contributed by atoms with E-state index in [-0.39, 0.29) is 5.41 Å². The van der Waals surface area contributed by atoms with Gasteiger partial charge in [0, 0.05) is 18.6 Å². The number of hydrogen-bond donors (Lipinski definition) is 1. The predicted molar refractivity (Wildman–Crippen MR) is 85.2 cm³/mol. The molecule has 0 aliphatic carbocycles. The van der Waals surface area contributed by atoms with Gasteiger partial charge in [0.1, 0.15) is 0 Å². The number of benzene rings is 1. The minimum atomic E-state index is 0.258. The van der Waals surface area contributed by atoms with Crippen LogP contribution >= 0.6 is 0 Å². The van der Waals surface area contributed by atoms with Crippen LogP contribution in [-0.2, 0) is 11.2 Å². The van der Waals surface area contributed by atoms with Gasteiger partial charge in [0.05, 0.1) is 6.10 Å². The topological polar surface area (TPSA) is 21.3 Å². The largest absolute Gasteiger partial charge is 0.378 e. The SMILES string of the molecule is CCCNCC1(Cc2cc(C)ccc2C)CCOC1C. The summed E-state index contributed by atoms with van der Waals surface area (Å²) in [5, 5.41) is 3.62. The summed E-state index contributed by atoms with van der Waals surface area (Å²) in [4.78, 5) is 0. The maximum Gasteiger partial charge on any atom is 0.0619 e. The summed E-state index contributed by atoms with van der Waals surface area (Å²) in [6, 6.07) is 6.80. The van der Waals surface area contributed by atoms with Crippen molar-refractivity contribution in [1.82, 2.24) is 5.32 Å². The molecule has 2 rings (SSSR count). The smallest absolute Gasteiger partial charge is 0.0619 e. The van der Waals surface area contributed by atoms with Crippen molar-refractivity contribution in [1.29, 1.82) is 0 Å². The van der Waals surface area contributed by atoms with Crippen LogP contribution in [0.3, 0.4) is 0 Å². The molecule has 112 valence electrons. The van der Waals surface area contributed by atoms with Crippen LogP contribution in [0, 0.1) is 19.3 Å². The van der Waals surface area contributed by atoms with E-state index in [4.69, 9.17) is 4.74 Å².